The molecule has 7 heteroatoms. The van der Waals surface area contributed by atoms with Gasteiger partial charge in [0, 0.05) is 31.5 Å². The lowest BCUT2D eigenvalue weighted by Crippen LogP contribution is -2.44. The predicted octanol–water partition coefficient (Wildman–Crippen LogP) is 6.17. The Labute approximate surface area is 255 Å². The molecule has 0 aliphatic rings. The summed E-state index contributed by atoms with van der Waals surface area (Å²) in [5.41, 5.74) is 4.16. The van der Waals surface area contributed by atoms with Crippen LogP contribution in [0.15, 0.2) is 103 Å². The van der Waals surface area contributed by atoms with Gasteiger partial charge in [0.2, 0.25) is 11.8 Å². The molecule has 226 valence electrons. The predicted molar refractivity (Wildman–Crippen MR) is 169 cm³/mol. The molecule has 0 radical (unpaired) electrons. The maximum Gasteiger partial charge on any atom is 0.249 e. The number of amides is 2. The molecule has 0 atom stereocenters. The van der Waals surface area contributed by atoms with Crippen molar-refractivity contribution in [1.29, 1.82) is 0 Å². The first kappa shape index (κ1) is 31.6. The first-order chi connectivity index (χ1) is 20.9. The monoisotopic (exact) mass is 581 g/mol. The Bertz CT molecular complexity index is 1420. The van der Waals surface area contributed by atoms with E-state index in [1.165, 1.54) is 0 Å². The van der Waals surface area contributed by atoms with Gasteiger partial charge in [-0.2, -0.15) is 0 Å². The average molecular weight is 582 g/mol. The second-order valence-corrected chi connectivity index (χ2v) is 11.2. The smallest absolute Gasteiger partial charge is 0.249 e. The maximum absolute atomic E-state index is 13.9. The number of hydrogen-bond donors (Lipinski definition) is 0. The van der Waals surface area contributed by atoms with Gasteiger partial charge in [-0.1, -0.05) is 86.6 Å². The van der Waals surface area contributed by atoms with Gasteiger partial charge in [0.05, 0.1) is 26.8 Å². The first-order valence-corrected chi connectivity index (χ1v) is 14.9. The highest BCUT2D eigenvalue weighted by atomic mass is 16.5. The van der Waals surface area contributed by atoms with E-state index in [0.717, 1.165) is 34.6 Å². The van der Waals surface area contributed by atoms with Crippen molar-refractivity contribution in [2.45, 2.75) is 46.5 Å². The molecule has 0 bridgehead atoms. The minimum absolute atomic E-state index is 0.00365. The summed E-state index contributed by atoms with van der Waals surface area (Å²) < 4.78 is 13.3. The van der Waals surface area contributed by atoms with Crippen LogP contribution in [-0.4, -0.2) is 53.0 Å². The highest BCUT2D eigenvalue weighted by Gasteiger charge is 2.23. The summed E-state index contributed by atoms with van der Waals surface area (Å²) in [6.45, 7) is 6.55. The van der Waals surface area contributed by atoms with Crippen molar-refractivity contribution in [3.8, 4) is 5.75 Å². The molecule has 1 heterocycles. The molecule has 0 aliphatic carbocycles. The fraction of sp³-hybridized carbons (Fsp3) is 0.333. The summed E-state index contributed by atoms with van der Waals surface area (Å²) in [7, 11) is 1.66. The largest absolute Gasteiger partial charge is 0.497 e. The van der Waals surface area contributed by atoms with Gasteiger partial charge in [-0.25, -0.2) is 0 Å². The van der Waals surface area contributed by atoms with Crippen molar-refractivity contribution in [1.82, 2.24) is 14.4 Å². The molecule has 3 aromatic carbocycles. The minimum Gasteiger partial charge on any atom is -0.497 e. The Hall–Kier alpha value is -4.36. The SMILES string of the molecule is COc1cccc(Cn2cccc2CN(Cc2ccccc2)C(=O)CN(CCC(C)C)C(=O)COCc2ccccc2)c1. The molecule has 4 aromatic rings. The van der Waals surface area contributed by atoms with Gasteiger partial charge in [0.15, 0.2) is 0 Å². The molecule has 7 nitrogen and oxygen atoms in total. The molecule has 1 aromatic heterocycles. The van der Waals surface area contributed by atoms with Crippen LogP contribution in [0.5, 0.6) is 5.75 Å². The molecule has 0 N–H and O–H groups in total. The second kappa shape index (κ2) is 16.3. The van der Waals surface area contributed by atoms with E-state index in [-0.39, 0.29) is 25.0 Å². The van der Waals surface area contributed by atoms with E-state index < -0.39 is 0 Å². The molecule has 0 saturated heterocycles. The summed E-state index contributed by atoms with van der Waals surface area (Å²) in [6.07, 6.45) is 2.84. The van der Waals surface area contributed by atoms with Gasteiger partial charge < -0.3 is 23.8 Å². The van der Waals surface area contributed by atoms with E-state index in [4.69, 9.17) is 9.47 Å². The molecular formula is C36H43N3O4. The van der Waals surface area contributed by atoms with E-state index in [1.807, 2.05) is 102 Å². The standard InChI is InChI=1S/C36H43N3O4/c1-29(2)19-21-38(36(41)28-43-27-31-14-8-5-9-15-31)26-35(40)39(23-30-12-6-4-7-13-30)25-33-17-11-20-37(33)24-32-16-10-18-34(22-32)42-3/h4-18,20,22,29H,19,21,23-28H2,1-3H3. The van der Waals surface area contributed by atoms with E-state index in [9.17, 15) is 9.59 Å². The van der Waals surface area contributed by atoms with Crippen LogP contribution in [0.25, 0.3) is 0 Å². The van der Waals surface area contributed by atoms with Gasteiger partial charge in [0.1, 0.15) is 12.4 Å². The Kier molecular flexibility index (Phi) is 12.0. The Morgan fingerprint density at radius 1 is 0.767 bits per heavy atom. The first-order valence-electron chi connectivity index (χ1n) is 14.9. The Balaban J connectivity index is 1.48. The lowest BCUT2D eigenvalue weighted by molar-refractivity contribution is -0.144. The van der Waals surface area contributed by atoms with E-state index in [0.29, 0.717) is 38.7 Å². The number of ether oxygens (including phenoxy) is 2. The Morgan fingerprint density at radius 2 is 1.47 bits per heavy atom. The van der Waals surface area contributed by atoms with Crippen molar-refractivity contribution in [2.75, 3.05) is 26.8 Å². The molecule has 0 saturated carbocycles. The minimum atomic E-state index is -0.175. The van der Waals surface area contributed by atoms with Crippen molar-refractivity contribution < 1.29 is 19.1 Å². The van der Waals surface area contributed by atoms with Gasteiger partial charge in [0.25, 0.3) is 0 Å². The number of rotatable bonds is 16. The van der Waals surface area contributed by atoms with Crippen molar-refractivity contribution in [3.63, 3.8) is 0 Å². The highest BCUT2D eigenvalue weighted by Crippen LogP contribution is 2.17. The summed E-state index contributed by atoms with van der Waals surface area (Å²) in [4.78, 5) is 30.7. The molecule has 0 spiro atoms. The third kappa shape index (κ3) is 10.1. The summed E-state index contributed by atoms with van der Waals surface area (Å²) >= 11 is 0. The number of carbonyl (C=O) groups is 2. The van der Waals surface area contributed by atoms with Crippen LogP contribution in [0, 0.1) is 5.92 Å². The van der Waals surface area contributed by atoms with E-state index in [1.54, 1.807) is 12.0 Å². The molecule has 43 heavy (non-hydrogen) atoms. The second-order valence-electron chi connectivity index (χ2n) is 11.2. The lowest BCUT2D eigenvalue weighted by atomic mass is 10.1. The number of nitrogens with zero attached hydrogens (tertiary/aromatic N) is 3. The van der Waals surface area contributed by atoms with Gasteiger partial charge in [-0.3, -0.25) is 9.59 Å². The quantitative estimate of drug-likeness (QED) is 0.159. The van der Waals surface area contributed by atoms with Gasteiger partial charge in [-0.05, 0) is 53.3 Å². The van der Waals surface area contributed by atoms with E-state index >= 15 is 0 Å². The van der Waals surface area contributed by atoms with Gasteiger partial charge in [-0.15, -0.1) is 0 Å². The summed E-state index contributed by atoms with van der Waals surface area (Å²) in [6, 6.07) is 31.8. The number of methoxy groups -OCH3 is 1. The number of carbonyl (C=O) groups excluding carboxylic acids is 2. The highest BCUT2D eigenvalue weighted by molar-refractivity contribution is 5.85. The van der Waals surface area contributed by atoms with Crippen LogP contribution in [-0.2, 0) is 40.6 Å². The van der Waals surface area contributed by atoms with Crippen molar-refractivity contribution in [2.24, 2.45) is 5.92 Å². The molecule has 2 amide bonds. The third-order valence-electron chi connectivity index (χ3n) is 7.32. The van der Waals surface area contributed by atoms with Crippen LogP contribution < -0.4 is 4.74 Å². The average Bonchev–Trinajstić information content (AvgIpc) is 3.45. The van der Waals surface area contributed by atoms with Crippen LogP contribution in [0.2, 0.25) is 0 Å². The zero-order valence-corrected chi connectivity index (χ0v) is 25.5. The number of benzene rings is 3. The molecule has 0 aliphatic heterocycles. The van der Waals surface area contributed by atoms with Crippen LogP contribution in [0.3, 0.4) is 0 Å². The fourth-order valence-electron chi connectivity index (χ4n) is 4.84. The lowest BCUT2D eigenvalue weighted by Gasteiger charge is -2.29. The van der Waals surface area contributed by atoms with Crippen molar-refractivity contribution in [3.05, 3.63) is 126 Å². The van der Waals surface area contributed by atoms with Crippen LogP contribution in [0.1, 0.15) is 42.7 Å². The number of aromatic nitrogens is 1. The third-order valence-corrected chi connectivity index (χ3v) is 7.32. The van der Waals surface area contributed by atoms with Crippen LogP contribution >= 0.6 is 0 Å². The Morgan fingerprint density at radius 3 is 2.16 bits per heavy atom. The zero-order valence-electron chi connectivity index (χ0n) is 25.5. The maximum atomic E-state index is 13.9. The molecule has 4 rings (SSSR count). The summed E-state index contributed by atoms with van der Waals surface area (Å²) in [5.74, 6) is 0.936. The van der Waals surface area contributed by atoms with Gasteiger partial charge >= 0.3 is 0 Å². The van der Waals surface area contributed by atoms with Crippen LogP contribution in [0.4, 0.5) is 0 Å². The normalized spacial score (nSPS) is 11.0. The molecule has 0 unspecified atom stereocenters. The zero-order chi connectivity index (χ0) is 30.4. The van der Waals surface area contributed by atoms with E-state index in [2.05, 4.69) is 24.5 Å². The van der Waals surface area contributed by atoms with Crippen molar-refractivity contribution >= 4 is 11.8 Å². The molecular weight excluding hydrogens is 538 g/mol. The topological polar surface area (TPSA) is 64.0 Å². The number of hydrogen-bond acceptors (Lipinski definition) is 4. The summed E-state index contributed by atoms with van der Waals surface area (Å²) in [5, 5.41) is 0. The fourth-order valence-corrected chi connectivity index (χ4v) is 4.84. The molecule has 0 fully saturated rings.